The third-order valence-electron chi connectivity index (χ3n) is 4.91. The highest BCUT2D eigenvalue weighted by molar-refractivity contribution is 5.67. The van der Waals surface area contributed by atoms with Gasteiger partial charge in [0.05, 0.1) is 13.2 Å². The van der Waals surface area contributed by atoms with Crippen LogP contribution in [0, 0.1) is 5.92 Å². The molecule has 25 heavy (non-hydrogen) atoms. The van der Waals surface area contributed by atoms with E-state index in [2.05, 4.69) is 16.0 Å². The molecule has 0 aromatic heterocycles. The van der Waals surface area contributed by atoms with Crippen LogP contribution in [-0.4, -0.2) is 62.7 Å². The Hall–Kier alpha value is -1.83. The summed E-state index contributed by atoms with van der Waals surface area (Å²) in [7, 11) is 1.63. The van der Waals surface area contributed by atoms with E-state index in [0.29, 0.717) is 25.4 Å². The van der Waals surface area contributed by atoms with Crippen LogP contribution in [0.2, 0.25) is 0 Å². The Morgan fingerprint density at radius 1 is 1.28 bits per heavy atom. The molecule has 2 aliphatic rings. The summed E-state index contributed by atoms with van der Waals surface area (Å²) in [5, 5.41) is 19.4. The van der Waals surface area contributed by atoms with Crippen molar-refractivity contribution in [3.63, 3.8) is 0 Å². The molecule has 2 fully saturated rings. The predicted octanol–water partition coefficient (Wildman–Crippen LogP) is 0.275. The zero-order valence-electron chi connectivity index (χ0n) is 14.5. The molecule has 3 atom stereocenters. The van der Waals surface area contributed by atoms with Crippen molar-refractivity contribution in [3.8, 4) is 5.75 Å². The van der Waals surface area contributed by atoms with E-state index in [1.807, 2.05) is 24.3 Å². The minimum Gasteiger partial charge on any atom is -0.497 e. The van der Waals surface area contributed by atoms with E-state index in [9.17, 15) is 9.90 Å². The van der Waals surface area contributed by atoms with Crippen LogP contribution < -0.4 is 20.7 Å². The maximum Gasteiger partial charge on any atom is 0.407 e. The van der Waals surface area contributed by atoms with Crippen LogP contribution in [0.25, 0.3) is 0 Å². The van der Waals surface area contributed by atoms with E-state index in [1.165, 1.54) is 0 Å². The Morgan fingerprint density at radius 3 is 2.68 bits per heavy atom. The van der Waals surface area contributed by atoms with E-state index in [1.54, 1.807) is 7.11 Å². The molecule has 3 rings (SSSR count). The van der Waals surface area contributed by atoms with Crippen molar-refractivity contribution < 1.29 is 19.4 Å². The van der Waals surface area contributed by atoms with Gasteiger partial charge >= 0.3 is 6.09 Å². The SMILES string of the molecule is COc1ccc(C[C@H]2NC[C@H](O)[C@H]2OC(=O)NCCC2CNC2)cc1. The van der Waals surface area contributed by atoms with Crippen molar-refractivity contribution in [2.45, 2.75) is 31.1 Å². The first-order valence-corrected chi connectivity index (χ1v) is 8.85. The summed E-state index contributed by atoms with van der Waals surface area (Å²) in [6.07, 6.45) is -0.0765. The van der Waals surface area contributed by atoms with Gasteiger partial charge in [-0.3, -0.25) is 0 Å². The molecule has 0 saturated carbocycles. The first-order chi connectivity index (χ1) is 12.2. The number of rotatable bonds is 7. The highest BCUT2D eigenvalue weighted by Gasteiger charge is 2.37. The van der Waals surface area contributed by atoms with Gasteiger partial charge in [-0.2, -0.15) is 0 Å². The Bertz CT molecular complexity index is 562. The molecule has 0 bridgehead atoms. The first-order valence-electron chi connectivity index (χ1n) is 8.85. The van der Waals surface area contributed by atoms with E-state index in [-0.39, 0.29) is 6.04 Å². The Kier molecular flexibility index (Phi) is 6.12. The number of hydrogen-bond donors (Lipinski definition) is 4. The number of hydrogen-bond acceptors (Lipinski definition) is 6. The number of benzene rings is 1. The number of carbonyl (C=O) groups is 1. The van der Waals surface area contributed by atoms with Gasteiger partial charge in [0.2, 0.25) is 0 Å². The summed E-state index contributed by atoms with van der Waals surface area (Å²) in [6.45, 7) is 3.06. The number of aliphatic hydroxyl groups excluding tert-OH is 1. The summed E-state index contributed by atoms with van der Waals surface area (Å²) >= 11 is 0. The Labute approximate surface area is 148 Å². The van der Waals surface area contributed by atoms with Crippen LogP contribution in [0.1, 0.15) is 12.0 Å². The molecule has 1 aromatic carbocycles. The van der Waals surface area contributed by atoms with Crippen molar-refractivity contribution >= 4 is 6.09 Å². The fourth-order valence-corrected chi connectivity index (χ4v) is 3.23. The van der Waals surface area contributed by atoms with Crippen molar-refractivity contribution in [2.24, 2.45) is 5.92 Å². The number of carbonyl (C=O) groups excluding carboxylic acids is 1. The number of alkyl carbamates (subject to hydrolysis) is 1. The lowest BCUT2D eigenvalue weighted by Gasteiger charge is -2.27. The normalized spacial score (nSPS) is 26.1. The second-order valence-electron chi connectivity index (χ2n) is 6.74. The molecular weight excluding hydrogens is 322 g/mol. The van der Waals surface area contributed by atoms with Gasteiger partial charge in [-0.25, -0.2) is 4.79 Å². The van der Waals surface area contributed by atoms with Gasteiger partial charge in [0, 0.05) is 13.1 Å². The smallest absolute Gasteiger partial charge is 0.407 e. The molecule has 1 aromatic rings. The number of nitrogens with one attached hydrogen (secondary N) is 3. The Morgan fingerprint density at radius 2 is 2.04 bits per heavy atom. The van der Waals surface area contributed by atoms with Crippen molar-refractivity contribution in [3.05, 3.63) is 29.8 Å². The van der Waals surface area contributed by atoms with Crippen molar-refractivity contribution in [1.29, 1.82) is 0 Å². The number of amides is 1. The van der Waals surface area contributed by atoms with Crippen LogP contribution >= 0.6 is 0 Å². The zero-order chi connectivity index (χ0) is 17.6. The third kappa shape index (κ3) is 4.84. The summed E-state index contributed by atoms with van der Waals surface area (Å²) in [5.74, 6) is 1.44. The predicted molar refractivity (Wildman–Crippen MR) is 93.7 cm³/mol. The first kappa shape index (κ1) is 18.0. The lowest BCUT2D eigenvalue weighted by Crippen LogP contribution is -2.45. The topological polar surface area (TPSA) is 91.8 Å². The molecule has 7 nitrogen and oxygen atoms in total. The second kappa shape index (κ2) is 8.51. The van der Waals surface area contributed by atoms with Gasteiger partial charge in [0.25, 0.3) is 0 Å². The standard InChI is InChI=1S/C18H27N3O4/c1-24-14-4-2-12(3-5-14)8-15-17(16(22)11-21-15)25-18(23)20-7-6-13-9-19-10-13/h2-5,13,15-17,19,21-22H,6-11H2,1H3,(H,20,23)/t15-,16+,17+/m1/s1. The molecule has 1 amide bonds. The van der Waals surface area contributed by atoms with Gasteiger partial charge in [-0.05, 0) is 49.5 Å². The lowest BCUT2D eigenvalue weighted by molar-refractivity contribution is 0.0188. The molecule has 0 unspecified atom stereocenters. The summed E-state index contributed by atoms with van der Waals surface area (Å²) in [4.78, 5) is 12.0. The number of β-amino-alcohol motifs (C(OH)–C–C–N with tert-alkyl or cyclic N) is 1. The number of methoxy groups -OCH3 is 1. The maximum absolute atomic E-state index is 12.0. The van der Waals surface area contributed by atoms with Crippen LogP contribution in [0.5, 0.6) is 5.75 Å². The van der Waals surface area contributed by atoms with Crippen LogP contribution in [-0.2, 0) is 11.2 Å². The minimum atomic E-state index is -0.690. The maximum atomic E-state index is 12.0. The van der Waals surface area contributed by atoms with Crippen LogP contribution in [0.3, 0.4) is 0 Å². The molecule has 0 aliphatic carbocycles. The van der Waals surface area contributed by atoms with Gasteiger partial charge < -0.3 is 30.5 Å². The third-order valence-corrected chi connectivity index (χ3v) is 4.91. The van der Waals surface area contributed by atoms with Gasteiger partial charge in [0.15, 0.2) is 0 Å². The molecule has 7 heteroatoms. The number of aliphatic hydroxyl groups is 1. The van der Waals surface area contributed by atoms with Crippen LogP contribution in [0.15, 0.2) is 24.3 Å². The molecule has 138 valence electrons. The molecule has 4 N–H and O–H groups in total. The average molecular weight is 349 g/mol. The minimum absolute atomic E-state index is 0.107. The molecule has 2 saturated heterocycles. The lowest BCUT2D eigenvalue weighted by atomic mass is 10.00. The van der Waals surface area contributed by atoms with Crippen molar-refractivity contribution in [1.82, 2.24) is 16.0 Å². The average Bonchev–Trinajstić information content (AvgIpc) is 2.91. The molecule has 0 radical (unpaired) electrons. The summed E-state index contributed by atoms with van der Waals surface area (Å²) in [5.41, 5.74) is 1.10. The van der Waals surface area contributed by atoms with Gasteiger partial charge in [0.1, 0.15) is 18.0 Å². The fraction of sp³-hybridized carbons (Fsp3) is 0.611. The summed E-state index contributed by atoms with van der Waals surface area (Å²) in [6, 6.07) is 7.66. The zero-order valence-corrected chi connectivity index (χ0v) is 14.5. The fourth-order valence-electron chi connectivity index (χ4n) is 3.23. The molecule has 2 aliphatic heterocycles. The van der Waals surface area contributed by atoms with E-state index in [4.69, 9.17) is 9.47 Å². The van der Waals surface area contributed by atoms with E-state index >= 15 is 0 Å². The molecule has 0 spiro atoms. The monoisotopic (exact) mass is 349 g/mol. The number of ether oxygens (including phenoxy) is 2. The summed E-state index contributed by atoms with van der Waals surface area (Å²) < 4.78 is 10.6. The van der Waals surface area contributed by atoms with Gasteiger partial charge in [-0.1, -0.05) is 12.1 Å². The highest BCUT2D eigenvalue weighted by Crippen LogP contribution is 2.19. The Balaban J connectivity index is 1.48. The molecule has 2 heterocycles. The van der Waals surface area contributed by atoms with Gasteiger partial charge in [-0.15, -0.1) is 0 Å². The van der Waals surface area contributed by atoms with Crippen LogP contribution in [0.4, 0.5) is 4.79 Å². The van der Waals surface area contributed by atoms with E-state index in [0.717, 1.165) is 30.8 Å². The quantitative estimate of drug-likeness (QED) is 0.565. The molecular formula is C18H27N3O4. The van der Waals surface area contributed by atoms with E-state index < -0.39 is 18.3 Å². The highest BCUT2D eigenvalue weighted by atomic mass is 16.6. The van der Waals surface area contributed by atoms with Crippen molar-refractivity contribution in [2.75, 3.05) is 33.3 Å². The largest absolute Gasteiger partial charge is 0.497 e. The second-order valence-corrected chi connectivity index (χ2v) is 6.74.